The van der Waals surface area contributed by atoms with E-state index in [0.717, 1.165) is 18.8 Å². The normalized spacial score (nSPS) is 12.7. The lowest BCUT2D eigenvalue weighted by atomic mass is 10.2. The smallest absolute Gasteiger partial charge is 0.0570 e. The zero-order chi connectivity index (χ0) is 11.1. The number of nitrogens with zero attached hydrogens (tertiary/aromatic N) is 1. The molecule has 0 aliphatic carbocycles. The first-order valence-corrected chi connectivity index (χ1v) is 6.41. The van der Waals surface area contributed by atoms with E-state index in [1.165, 1.54) is 18.4 Å². The molecule has 0 aliphatic rings. The van der Waals surface area contributed by atoms with Crippen molar-refractivity contribution in [3.8, 4) is 0 Å². The highest BCUT2D eigenvalue weighted by molar-refractivity contribution is 9.09. The first kappa shape index (κ1) is 12.7. The van der Waals surface area contributed by atoms with Gasteiger partial charge < -0.3 is 5.32 Å². The summed E-state index contributed by atoms with van der Waals surface area (Å²) in [6.45, 7) is 6.21. The summed E-state index contributed by atoms with van der Waals surface area (Å²) in [6, 6.07) is 4.08. The van der Waals surface area contributed by atoms with Gasteiger partial charge in [0.05, 0.1) is 5.69 Å². The standard InChI is InChI=1S/C12H19BrN2/c1-3-11(13)6-8-14-9-12-10(2)5-4-7-15-12/h4-5,7,11,14H,3,6,8-9H2,1-2H3. The molecule has 0 aliphatic heterocycles. The van der Waals surface area contributed by atoms with Crippen molar-refractivity contribution in [1.29, 1.82) is 0 Å². The van der Waals surface area contributed by atoms with Crippen LogP contribution in [-0.2, 0) is 6.54 Å². The zero-order valence-corrected chi connectivity index (χ0v) is 11.0. The van der Waals surface area contributed by atoms with Gasteiger partial charge in [0.15, 0.2) is 0 Å². The minimum absolute atomic E-state index is 0.634. The molecule has 84 valence electrons. The van der Waals surface area contributed by atoms with E-state index in [9.17, 15) is 0 Å². The molecule has 1 atom stereocenters. The van der Waals surface area contributed by atoms with Crippen LogP contribution in [0.4, 0.5) is 0 Å². The average molecular weight is 271 g/mol. The first-order valence-electron chi connectivity index (χ1n) is 5.49. The summed E-state index contributed by atoms with van der Waals surface area (Å²) < 4.78 is 0. The van der Waals surface area contributed by atoms with Gasteiger partial charge in [-0.25, -0.2) is 0 Å². The molecule has 2 nitrogen and oxygen atoms in total. The molecule has 3 heteroatoms. The maximum atomic E-state index is 4.34. The second kappa shape index (κ2) is 6.96. The molecule has 1 unspecified atom stereocenters. The van der Waals surface area contributed by atoms with E-state index in [1.54, 1.807) is 0 Å². The van der Waals surface area contributed by atoms with Crippen LogP contribution in [0.25, 0.3) is 0 Å². The zero-order valence-electron chi connectivity index (χ0n) is 9.46. The summed E-state index contributed by atoms with van der Waals surface area (Å²) in [6.07, 6.45) is 4.20. The Morgan fingerprint density at radius 3 is 3.00 bits per heavy atom. The van der Waals surface area contributed by atoms with Crippen LogP contribution in [0.15, 0.2) is 18.3 Å². The minimum Gasteiger partial charge on any atom is -0.311 e. The third-order valence-electron chi connectivity index (χ3n) is 2.49. The van der Waals surface area contributed by atoms with Crippen LogP contribution >= 0.6 is 15.9 Å². The predicted molar refractivity (Wildman–Crippen MR) is 68.3 cm³/mol. The number of rotatable bonds is 6. The molecule has 15 heavy (non-hydrogen) atoms. The van der Waals surface area contributed by atoms with Gasteiger partial charge in [0.2, 0.25) is 0 Å². The van der Waals surface area contributed by atoms with Gasteiger partial charge in [-0.3, -0.25) is 4.98 Å². The van der Waals surface area contributed by atoms with Gasteiger partial charge in [0.1, 0.15) is 0 Å². The lowest BCUT2D eigenvalue weighted by Crippen LogP contribution is -2.18. The van der Waals surface area contributed by atoms with Crippen molar-refractivity contribution in [3.63, 3.8) is 0 Å². The Hall–Kier alpha value is -0.410. The molecular formula is C12H19BrN2. The quantitative estimate of drug-likeness (QED) is 0.635. The van der Waals surface area contributed by atoms with Gasteiger partial charge in [0.25, 0.3) is 0 Å². The van der Waals surface area contributed by atoms with Crippen LogP contribution in [0.3, 0.4) is 0 Å². The Balaban J connectivity index is 2.23. The Bertz CT molecular complexity index is 289. The number of aryl methyl sites for hydroxylation is 1. The van der Waals surface area contributed by atoms with Crippen LogP contribution in [0, 0.1) is 6.92 Å². The number of hydrogen-bond donors (Lipinski definition) is 1. The highest BCUT2D eigenvalue weighted by atomic mass is 79.9. The van der Waals surface area contributed by atoms with Gasteiger partial charge >= 0.3 is 0 Å². The number of nitrogens with one attached hydrogen (secondary N) is 1. The van der Waals surface area contributed by atoms with Crippen molar-refractivity contribution in [2.24, 2.45) is 0 Å². The van der Waals surface area contributed by atoms with E-state index in [0.29, 0.717) is 4.83 Å². The largest absolute Gasteiger partial charge is 0.311 e. The van der Waals surface area contributed by atoms with E-state index < -0.39 is 0 Å². The lowest BCUT2D eigenvalue weighted by Gasteiger charge is -2.08. The maximum Gasteiger partial charge on any atom is 0.0570 e. The summed E-state index contributed by atoms with van der Waals surface area (Å²) in [7, 11) is 0. The van der Waals surface area contributed by atoms with Gasteiger partial charge in [-0.2, -0.15) is 0 Å². The van der Waals surface area contributed by atoms with Crippen molar-refractivity contribution in [2.45, 2.75) is 38.1 Å². The van der Waals surface area contributed by atoms with Gasteiger partial charge in [-0.1, -0.05) is 28.9 Å². The van der Waals surface area contributed by atoms with Crippen molar-refractivity contribution in [3.05, 3.63) is 29.6 Å². The number of alkyl halides is 1. The van der Waals surface area contributed by atoms with Gasteiger partial charge in [-0.15, -0.1) is 0 Å². The van der Waals surface area contributed by atoms with Crippen molar-refractivity contribution < 1.29 is 0 Å². The SMILES string of the molecule is CCC(Br)CCNCc1ncccc1C. The lowest BCUT2D eigenvalue weighted by molar-refractivity contribution is 0.621. The molecular weight excluding hydrogens is 252 g/mol. The molecule has 0 fully saturated rings. The van der Waals surface area contributed by atoms with Crippen LogP contribution in [0.2, 0.25) is 0 Å². The van der Waals surface area contributed by atoms with Gasteiger partial charge in [0, 0.05) is 17.6 Å². The summed E-state index contributed by atoms with van der Waals surface area (Å²) in [4.78, 5) is 4.97. The van der Waals surface area contributed by atoms with E-state index in [2.05, 4.69) is 46.1 Å². The summed E-state index contributed by atoms with van der Waals surface area (Å²) in [5.41, 5.74) is 2.41. The highest BCUT2D eigenvalue weighted by Crippen LogP contribution is 2.08. The van der Waals surface area contributed by atoms with Crippen LogP contribution in [0.1, 0.15) is 31.0 Å². The fourth-order valence-corrected chi connectivity index (χ4v) is 1.60. The number of hydrogen-bond acceptors (Lipinski definition) is 2. The average Bonchev–Trinajstić information content (AvgIpc) is 2.26. The van der Waals surface area contributed by atoms with E-state index >= 15 is 0 Å². The molecule has 1 aromatic heterocycles. The van der Waals surface area contributed by atoms with Gasteiger partial charge in [-0.05, 0) is 37.9 Å². The van der Waals surface area contributed by atoms with E-state index in [1.807, 2.05) is 12.3 Å². The molecule has 0 aromatic carbocycles. The predicted octanol–water partition coefficient (Wildman–Crippen LogP) is 3.04. The van der Waals surface area contributed by atoms with Crippen LogP contribution < -0.4 is 5.32 Å². The second-order valence-corrected chi connectivity index (χ2v) is 5.03. The van der Waals surface area contributed by atoms with Crippen molar-refractivity contribution in [2.75, 3.05) is 6.54 Å². The van der Waals surface area contributed by atoms with Crippen molar-refractivity contribution >= 4 is 15.9 Å². The molecule has 0 radical (unpaired) electrons. The number of pyridine rings is 1. The van der Waals surface area contributed by atoms with Crippen LogP contribution in [-0.4, -0.2) is 16.4 Å². The fraction of sp³-hybridized carbons (Fsp3) is 0.583. The molecule has 0 bridgehead atoms. The summed E-state index contributed by atoms with van der Waals surface area (Å²) in [5.74, 6) is 0. The summed E-state index contributed by atoms with van der Waals surface area (Å²) >= 11 is 3.62. The Morgan fingerprint density at radius 1 is 1.53 bits per heavy atom. The molecule has 0 amide bonds. The Kier molecular flexibility index (Phi) is 5.88. The van der Waals surface area contributed by atoms with E-state index in [-0.39, 0.29) is 0 Å². The minimum atomic E-state index is 0.634. The van der Waals surface area contributed by atoms with Crippen molar-refractivity contribution in [1.82, 2.24) is 10.3 Å². The number of aromatic nitrogens is 1. The maximum absolute atomic E-state index is 4.34. The highest BCUT2D eigenvalue weighted by Gasteiger charge is 2.01. The summed E-state index contributed by atoms with van der Waals surface area (Å²) in [5, 5.41) is 3.42. The van der Waals surface area contributed by atoms with Crippen LogP contribution in [0.5, 0.6) is 0 Å². The molecule has 1 aromatic rings. The third kappa shape index (κ3) is 4.76. The Labute approximate surface area is 101 Å². The molecule has 0 saturated heterocycles. The van der Waals surface area contributed by atoms with E-state index in [4.69, 9.17) is 0 Å². The molecule has 1 rings (SSSR count). The molecule has 1 N–H and O–H groups in total. The monoisotopic (exact) mass is 270 g/mol. The first-order chi connectivity index (χ1) is 7.24. The molecule has 0 saturated carbocycles. The second-order valence-electron chi connectivity index (χ2n) is 3.74. The fourth-order valence-electron chi connectivity index (χ4n) is 1.37. The Morgan fingerprint density at radius 2 is 2.33 bits per heavy atom. The molecule has 0 spiro atoms. The molecule has 1 heterocycles. The third-order valence-corrected chi connectivity index (χ3v) is 3.59. The topological polar surface area (TPSA) is 24.9 Å². The number of halogens is 1.